The Morgan fingerprint density at radius 1 is 1.33 bits per heavy atom. The Morgan fingerprint density at radius 3 is 2.81 bits per heavy atom. The highest BCUT2D eigenvalue weighted by Crippen LogP contribution is 2.20. The molecule has 5 nitrogen and oxygen atoms in total. The molecule has 2 aromatic rings. The average molecular weight is 391 g/mol. The second-order valence-electron chi connectivity index (χ2n) is 6.31. The minimum absolute atomic E-state index is 0.0149. The van der Waals surface area contributed by atoms with Crippen LogP contribution in [0.5, 0.6) is 0 Å². The van der Waals surface area contributed by atoms with Gasteiger partial charge in [0.2, 0.25) is 5.91 Å². The molecule has 3 rings (SSSR count). The van der Waals surface area contributed by atoms with Crippen molar-refractivity contribution in [1.82, 2.24) is 4.90 Å². The van der Waals surface area contributed by atoms with Crippen LogP contribution in [0.4, 0.5) is 4.39 Å². The van der Waals surface area contributed by atoms with Crippen molar-refractivity contribution in [3.8, 4) is 0 Å². The Hall–Kier alpha value is -2.44. The van der Waals surface area contributed by atoms with E-state index in [2.05, 4.69) is 5.16 Å². The number of nitrogens with zero attached hydrogens (tertiary/aromatic N) is 2. The van der Waals surface area contributed by atoms with Crippen molar-refractivity contribution in [3.05, 3.63) is 70.5 Å². The Balaban J connectivity index is 1.66. The standard InChI is InChI=1S/C20H20ClFN2O3/c1-26-13-20(25)24(11-14-3-2-4-16(21)9-14)12-18-10-19(23-27-18)15-5-7-17(22)8-6-15/h2-9,18H,10-13H2,1H3/t18-/m0/s1. The first-order chi connectivity index (χ1) is 13.0. The van der Waals surface area contributed by atoms with Gasteiger partial charge < -0.3 is 14.5 Å². The molecular weight excluding hydrogens is 371 g/mol. The topological polar surface area (TPSA) is 51.1 Å². The van der Waals surface area contributed by atoms with Crippen molar-refractivity contribution in [3.63, 3.8) is 0 Å². The van der Waals surface area contributed by atoms with E-state index in [1.807, 2.05) is 18.2 Å². The van der Waals surface area contributed by atoms with Gasteiger partial charge in [-0.1, -0.05) is 41.0 Å². The molecule has 0 aromatic heterocycles. The summed E-state index contributed by atoms with van der Waals surface area (Å²) in [4.78, 5) is 19.6. The van der Waals surface area contributed by atoms with Crippen LogP contribution < -0.4 is 0 Å². The SMILES string of the molecule is COCC(=O)N(Cc1cccc(Cl)c1)C[C@@H]1CC(c2ccc(F)cc2)=NO1. The summed E-state index contributed by atoms with van der Waals surface area (Å²) >= 11 is 6.04. The molecule has 0 spiro atoms. The van der Waals surface area contributed by atoms with Gasteiger partial charge in [-0.3, -0.25) is 4.79 Å². The van der Waals surface area contributed by atoms with Gasteiger partial charge >= 0.3 is 0 Å². The molecule has 0 aliphatic carbocycles. The van der Waals surface area contributed by atoms with Gasteiger partial charge in [-0.05, 0) is 35.4 Å². The molecule has 0 bridgehead atoms. The predicted octanol–water partition coefficient (Wildman–Crippen LogP) is 3.65. The summed E-state index contributed by atoms with van der Waals surface area (Å²) in [7, 11) is 1.48. The molecule has 0 saturated heterocycles. The molecular formula is C20H20ClFN2O3. The van der Waals surface area contributed by atoms with E-state index in [0.29, 0.717) is 24.5 Å². The van der Waals surface area contributed by atoms with Crippen LogP contribution in [0.15, 0.2) is 53.7 Å². The Morgan fingerprint density at radius 2 is 2.11 bits per heavy atom. The summed E-state index contributed by atoms with van der Waals surface area (Å²) in [5.74, 6) is -0.441. The predicted molar refractivity (Wildman–Crippen MR) is 101 cm³/mol. The molecule has 1 heterocycles. The smallest absolute Gasteiger partial charge is 0.248 e. The van der Waals surface area contributed by atoms with E-state index in [0.717, 1.165) is 16.8 Å². The highest BCUT2D eigenvalue weighted by molar-refractivity contribution is 6.30. The first-order valence-corrected chi connectivity index (χ1v) is 8.92. The lowest BCUT2D eigenvalue weighted by Crippen LogP contribution is -2.39. The number of halogens is 2. The summed E-state index contributed by atoms with van der Waals surface area (Å²) in [6.07, 6.45) is 0.267. The lowest BCUT2D eigenvalue weighted by Gasteiger charge is -2.25. The molecule has 1 atom stereocenters. The molecule has 0 saturated carbocycles. The molecule has 7 heteroatoms. The minimum Gasteiger partial charge on any atom is -0.390 e. The third-order valence-electron chi connectivity index (χ3n) is 4.22. The van der Waals surface area contributed by atoms with E-state index in [1.165, 1.54) is 19.2 Å². The first kappa shape index (κ1) is 19.3. The highest BCUT2D eigenvalue weighted by atomic mass is 35.5. The lowest BCUT2D eigenvalue weighted by molar-refractivity contribution is -0.137. The maximum absolute atomic E-state index is 13.1. The third kappa shape index (κ3) is 5.28. The molecule has 1 aliphatic rings. The van der Waals surface area contributed by atoms with Crippen molar-refractivity contribution < 1.29 is 18.8 Å². The number of rotatable bonds is 7. The van der Waals surface area contributed by atoms with E-state index in [1.54, 1.807) is 23.1 Å². The number of amides is 1. The van der Waals surface area contributed by atoms with Crippen LogP contribution in [-0.4, -0.2) is 42.9 Å². The van der Waals surface area contributed by atoms with Gasteiger partial charge in [0.25, 0.3) is 0 Å². The number of ether oxygens (including phenoxy) is 1. The van der Waals surface area contributed by atoms with Crippen molar-refractivity contribution in [2.24, 2.45) is 5.16 Å². The number of carbonyl (C=O) groups is 1. The van der Waals surface area contributed by atoms with Crippen molar-refractivity contribution >= 4 is 23.2 Å². The Labute approximate surface area is 162 Å². The number of oxime groups is 1. The van der Waals surface area contributed by atoms with Crippen LogP contribution in [0.3, 0.4) is 0 Å². The second kappa shape index (κ2) is 8.97. The van der Waals surface area contributed by atoms with Gasteiger partial charge in [0, 0.05) is 25.1 Å². The van der Waals surface area contributed by atoms with Gasteiger partial charge in [0.15, 0.2) is 6.10 Å². The van der Waals surface area contributed by atoms with Crippen molar-refractivity contribution in [2.75, 3.05) is 20.3 Å². The maximum atomic E-state index is 13.1. The fraction of sp³-hybridized carbons (Fsp3) is 0.300. The summed E-state index contributed by atoms with van der Waals surface area (Å²) in [5, 5.41) is 4.72. The first-order valence-electron chi connectivity index (χ1n) is 8.55. The van der Waals surface area contributed by atoms with Crippen LogP contribution in [-0.2, 0) is 20.9 Å². The zero-order valence-corrected chi connectivity index (χ0v) is 15.7. The van der Waals surface area contributed by atoms with Gasteiger partial charge in [-0.25, -0.2) is 4.39 Å². The van der Waals surface area contributed by atoms with Crippen LogP contribution in [0, 0.1) is 5.82 Å². The van der Waals surface area contributed by atoms with E-state index >= 15 is 0 Å². The lowest BCUT2D eigenvalue weighted by atomic mass is 10.0. The molecule has 1 amide bonds. The molecule has 0 unspecified atom stereocenters. The average Bonchev–Trinajstić information content (AvgIpc) is 3.10. The van der Waals surface area contributed by atoms with E-state index in [4.69, 9.17) is 21.2 Å². The summed E-state index contributed by atoms with van der Waals surface area (Å²) in [6.45, 7) is 0.746. The van der Waals surface area contributed by atoms with E-state index in [9.17, 15) is 9.18 Å². The van der Waals surface area contributed by atoms with Gasteiger partial charge in [0.1, 0.15) is 12.4 Å². The zero-order valence-electron chi connectivity index (χ0n) is 14.9. The summed E-state index contributed by atoms with van der Waals surface area (Å²) < 4.78 is 18.1. The number of hydrogen-bond acceptors (Lipinski definition) is 4. The number of methoxy groups -OCH3 is 1. The highest BCUT2D eigenvalue weighted by Gasteiger charge is 2.27. The molecule has 0 fully saturated rings. The number of hydrogen-bond donors (Lipinski definition) is 0. The maximum Gasteiger partial charge on any atom is 0.248 e. The van der Waals surface area contributed by atoms with Crippen LogP contribution in [0.1, 0.15) is 17.5 Å². The quantitative estimate of drug-likeness (QED) is 0.725. The van der Waals surface area contributed by atoms with Crippen molar-refractivity contribution in [2.45, 2.75) is 19.1 Å². The fourth-order valence-electron chi connectivity index (χ4n) is 2.91. The summed E-state index contributed by atoms with van der Waals surface area (Å²) in [6, 6.07) is 13.5. The number of carbonyl (C=O) groups excluding carboxylic acids is 1. The van der Waals surface area contributed by atoms with Crippen molar-refractivity contribution in [1.29, 1.82) is 0 Å². The van der Waals surface area contributed by atoms with E-state index in [-0.39, 0.29) is 24.4 Å². The normalized spacial score (nSPS) is 16.0. The largest absolute Gasteiger partial charge is 0.390 e. The van der Waals surface area contributed by atoms with Crippen LogP contribution in [0.25, 0.3) is 0 Å². The minimum atomic E-state index is -0.298. The Bertz CT molecular complexity index is 826. The van der Waals surface area contributed by atoms with Crippen LogP contribution in [0.2, 0.25) is 5.02 Å². The molecule has 27 heavy (non-hydrogen) atoms. The fourth-order valence-corrected chi connectivity index (χ4v) is 3.12. The Kier molecular flexibility index (Phi) is 6.42. The molecule has 1 aliphatic heterocycles. The van der Waals surface area contributed by atoms with Gasteiger partial charge in [-0.15, -0.1) is 0 Å². The molecule has 142 valence electrons. The molecule has 0 radical (unpaired) electrons. The summed E-state index contributed by atoms with van der Waals surface area (Å²) in [5.41, 5.74) is 2.47. The monoisotopic (exact) mass is 390 g/mol. The second-order valence-corrected chi connectivity index (χ2v) is 6.75. The van der Waals surface area contributed by atoms with E-state index < -0.39 is 0 Å². The zero-order chi connectivity index (χ0) is 19.2. The molecule has 0 N–H and O–H groups in total. The van der Waals surface area contributed by atoms with Gasteiger partial charge in [0.05, 0.1) is 12.3 Å². The molecule has 2 aromatic carbocycles. The third-order valence-corrected chi connectivity index (χ3v) is 4.45. The van der Waals surface area contributed by atoms with Crippen LogP contribution >= 0.6 is 11.6 Å². The van der Waals surface area contributed by atoms with Gasteiger partial charge in [-0.2, -0.15) is 0 Å². The number of benzene rings is 2.